The van der Waals surface area contributed by atoms with Crippen molar-refractivity contribution in [1.29, 1.82) is 0 Å². The molecule has 1 rings (SSSR count). The normalized spacial score (nSPS) is 12.4. The van der Waals surface area contributed by atoms with Gasteiger partial charge in [0.2, 0.25) is 0 Å². The van der Waals surface area contributed by atoms with Crippen LogP contribution < -0.4 is 10.1 Å². The summed E-state index contributed by atoms with van der Waals surface area (Å²) in [6.07, 6.45) is 3.06. The van der Waals surface area contributed by atoms with Crippen molar-refractivity contribution in [3.05, 3.63) is 29.0 Å². The Bertz CT molecular complexity index is 360. The van der Waals surface area contributed by atoms with Crippen LogP contribution in [0, 0.1) is 5.82 Å². The van der Waals surface area contributed by atoms with E-state index in [-0.39, 0.29) is 5.75 Å². The molecule has 0 saturated carbocycles. The van der Waals surface area contributed by atoms with Gasteiger partial charge in [-0.3, -0.25) is 0 Å². The van der Waals surface area contributed by atoms with Crippen LogP contribution in [0.15, 0.2) is 18.2 Å². The Morgan fingerprint density at radius 1 is 1.44 bits per heavy atom. The number of benzene rings is 1. The van der Waals surface area contributed by atoms with Gasteiger partial charge < -0.3 is 10.1 Å². The Labute approximate surface area is 113 Å². The Balaban J connectivity index is 2.21. The Morgan fingerprint density at radius 2 is 2.22 bits per heavy atom. The van der Waals surface area contributed by atoms with E-state index in [0.29, 0.717) is 17.7 Å². The topological polar surface area (TPSA) is 21.3 Å². The maximum absolute atomic E-state index is 13.4. The Morgan fingerprint density at radius 3 is 2.89 bits per heavy atom. The third kappa shape index (κ3) is 5.69. The predicted octanol–water partition coefficient (Wildman–Crippen LogP) is 4.03. The first-order chi connectivity index (χ1) is 8.63. The molecular formula is C14H21ClFNO. The van der Waals surface area contributed by atoms with Gasteiger partial charge in [0.15, 0.2) is 11.6 Å². The van der Waals surface area contributed by atoms with Crippen molar-refractivity contribution in [3.63, 3.8) is 0 Å². The molecule has 1 N–H and O–H groups in total. The lowest BCUT2D eigenvalue weighted by Gasteiger charge is -2.13. The van der Waals surface area contributed by atoms with E-state index in [9.17, 15) is 4.39 Å². The standard InChI is InChI=1S/C14H21ClFNO/c1-3-8-17-11(2)5-4-9-18-14-7-6-12(15)10-13(14)16/h6-7,10-11,17H,3-5,8-9H2,1-2H3. The quantitative estimate of drug-likeness (QED) is 0.722. The van der Waals surface area contributed by atoms with Crippen LogP contribution in [0.5, 0.6) is 5.75 Å². The Hall–Kier alpha value is -0.800. The molecular weight excluding hydrogens is 253 g/mol. The summed E-state index contributed by atoms with van der Waals surface area (Å²) < 4.78 is 18.8. The minimum absolute atomic E-state index is 0.272. The van der Waals surface area contributed by atoms with Crippen LogP contribution in [-0.4, -0.2) is 19.2 Å². The molecule has 0 spiro atoms. The fourth-order valence-corrected chi connectivity index (χ4v) is 1.82. The second-order valence-corrected chi connectivity index (χ2v) is 4.86. The number of rotatable bonds is 8. The summed E-state index contributed by atoms with van der Waals surface area (Å²) in [5.74, 6) is -0.131. The molecule has 0 aromatic heterocycles. The highest BCUT2D eigenvalue weighted by atomic mass is 35.5. The van der Waals surface area contributed by atoms with Crippen LogP contribution in [0.2, 0.25) is 5.02 Å². The van der Waals surface area contributed by atoms with E-state index < -0.39 is 5.82 Å². The van der Waals surface area contributed by atoms with Gasteiger partial charge in [-0.25, -0.2) is 4.39 Å². The van der Waals surface area contributed by atoms with Crippen LogP contribution >= 0.6 is 11.6 Å². The molecule has 0 aliphatic heterocycles. The van der Waals surface area contributed by atoms with E-state index in [1.165, 1.54) is 6.07 Å². The van der Waals surface area contributed by atoms with E-state index >= 15 is 0 Å². The highest BCUT2D eigenvalue weighted by Crippen LogP contribution is 2.21. The average Bonchev–Trinajstić information content (AvgIpc) is 2.34. The van der Waals surface area contributed by atoms with Crippen molar-refractivity contribution >= 4 is 11.6 Å². The molecule has 0 aliphatic rings. The summed E-state index contributed by atoms with van der Waals surface area (Å²) >= 11 is 5.66. The monoisotopic (exact) mass is 273 g/mol. The van der Waals surface area contributed by atoms with Crippen molar-refractivity contribution in [3.8, 4) is 5.75 Å². The van der Waals surface area contributed by atoms with Crippen molar-refractivity contribution in [2.45, 2.75) is 39.2 Å². The van der Waals surface area contributed by atoms with Gasteiger partial charge in [0, 0.05) is 11.1 Å². The van der Waals surface area contributed by atoms with Gasteiger partial charge in [-0.05, 0) is 50.9 Å². The van der Waals surface area contributed by atoms with Gasteiger partial charge in [0.05, 0.1) is 6.61 Å². The maximum Gasteiger partial charge on any atom is 0.166 e. The van der Waals surface area contributed by atoms with Crippen molar-refractivity contribution in [2.24, 2.45) is 0 Å². The lowest BCUT2D eigenvalue weighted by Crippen LogP contribution is -2.26. The largest absolute Gasteiger partial charge is 0.491 e. The third-order valence-corrected chi connectivity index (χ3v) is 2.91. The highest BCUT2D eigenvalue weighted by Gasteiger charge is 2.04. The molecule has 0 heterocycles. The van der Waals surface area contributed by atoms with E-state index in [2.05, 4.69) is 19.2 Å². The smallest absolute Gasteiger partial charge is 0.166 e. The van der Waals surface area contributed by atoms with E-state index in [4.69, 9.17) is 16.3 Å². The lowest BCUT2D eigenvalue weighted by molar-refractivity contribution is 0.284. The number of nitrogens with one attached hydrogen (secondary N) is 1. The van der Waals surface area contributed by atoms with E-state index in [1.807, 2.05) is 0 Å². The summed E-state index contributed by atoms with van der Waals surface area (Å²) in [7, 11) is 0. The fourth-order valence-electron chi connectivity index (χ4n) is 1.66. The fraction of sp³-hybridized carbons (Fsp3) is 0.571. The lowest BCUT2D eigenvalue weighted by atomic mass is 10.2. The molecule has 0 saturated heterocycles. The second-order valence-electron chi connectivity index (χ2n) is 4.42. The molecule has 18 heavy (non-hydrogen) atoms. The molecule has 0 aliphatic carbocycles. The van der Waals surface area contributed by atoms with Crippen molar-refractivity contribution in [2.75, 3.05) is 13.2 Å². The number of ether oxygens (including phenoxy) is 1. The molecule has 102 valence electrons. The van der Waals surface area contributed by atoms with Crippen LogP contribution in [0.1, 0.15) is 33.1 Å². The first-order valence-corrected chi connectivity index (χ1v) is 6.82. The van der Waals surface area contributed by atoms with E-state index in [1.54, 1.807) is 12.1 Å². The summed E-state index contributed by atoms with van der Waals surface area (Å²) in [4.78, 5) is 0. The zero-order valence-electron chi connectivity index (χ0n) is 11.0. The van der Waals surface area contributed by atoms with Crippen LogP contribution in [-0.2, 0) is 0 Å². The third-order valence-electron chi connectivity index (χ3n) is 2.68. The van der Waals surface area contributed by atoms with Crippen molar-refractivity contribution < 1.29 is 9.13 Å². The predicted molar refractivity (Wildman–Crippen MR) is 73.9 cm³/mol. The molecule has 0 fully saturated rings. The molecule has 1 aromatic rings. The zero-order valence-corrected chi connectivity index (χ0v) is 11.8. The summed E-state index contributed by atoms with van der Waals surface area (Å²) in [6, 6.07) is 4.94. The first-order valence-electron chi connectivity index (χ1n) is 6.44. The molecule has 1 unspecified atom stereocenters. The first kappa shape index (κ1) is 15.3. The van der Waals surface area contributed by atoms with Gasteiger partial charge in [-0.2, -0.15) is 0 Å². The molecule has 4 heteroatoms. The van der Waals surface area contributed by atoms with Crippen LogP contribution in [0.3, 0.4) is 0 Å². The van der Waals surface area contributed by atoms with Gasteiger partial charge in [-0.1, -0.05) is 18.5 Å². The molecule has 1 aromatic carbocycles. The number of halogens is 2. The summed E-state index contributed by atoms with van der Waals surface area (Å²) in [5, 5.41) is 3.79. The van der Waals surface area contributed by atoms with Gasteiger partial charge in [0.25, 0.3) is 0 Å². The minimum atomic E-state index is -0.403. The Kier molecular flexibility index (Phi) is 7.06. The maximum atomic E-state index is 13.4. The SMILES string of the molecule is CCCNC(C)CCCOc1ccc(Cl)cc1F. The van der Waals surface area contributed by atoms with Gasteiger partial charge in [-0.15, -0.1) is 0 Å². The van der Waals surface area contributed by atoms with Crippen LogP contribution in [0.4, 0.5) is 4.39 Å². The second kappa shape index (κ2) is 8.33. The van der Waals surface area contributed by atoms with Crippen LogP contribution in [0.25, 0.3) is 0 Å². The molecule has 2 nitrogen and oxygen atoms in total. The molecule has 1 atom stereocenters. The summed E-state index contributed by atoms with van der Waals surface area (Å²) in [6.45, 7) is 5.86. The van der Waals surface area contributed by atoms with Gasteiger partial charge in [0.1, 0.15) is 0 Å². The molecule has 0 bridgehead atoms. The highest BCUT2D eigenvalue weighted by molar-refractivity contribution is 6.30. The average molecular weight is 274 g/mol. The molecule has 0 amide bonds. The van der Waals surface area contributed by atoms with E-state index in [0.717, 1.165) is 25.8 Å². The summed E-state index contributed by atoms with van der Waals surface area (Å²) in [5.41, 5.74) is 0. The number of hydrogen-bond donors (Lipinski definition) is 1. The zero-order chi connectivity index (χ0) is 13.4. The number of hydrogen-bond acceptors (Lipinski definition) is 2. The molecule has 0 radical (unpaired) electrons. The van der Waals surface area contributed by atoms with Crippen molar-refractivity contribution in [1.82, 2.24) is 5.32 Å². The van der Waals surface area contributed by atoms with Gasteiger partial charge >= 0.3 is 0 Å². The minimum Gasteiger partial charge on any atom is -0.491 e.